The minimum absolute atomic E-state index is 0.214. The summed E-state index contributed by atoms with van der Waals surface area (Å²) in [7, 11) is 0. The number of aliphatic hydroxyl groups is 1. The van der Waals surface area contributed by atoms with Crippen molar-refractivity contribution in [1.82, 2.24) is 5.32 Å². The molecule has 4 heteroatoms. The summed E-state index contributed by atoms with van der Waals surface area (Å²) < 4.78 is 0. The van der Waals surface area contributed by atoms with E-state index in [1.807, 2.05) is 20.8 Å². The second-order valence-electron chi connectivity index (χ2n) is 4.44. The summed E-state index contributed by atoms with van der Waals surface area (Å²) in [4.78, 5) is 11.3. The Morgan fingerprint density at radius 3 is 2.31 bits per heavy atom. The van der Waals surface area contributed by atoms with Gasteiger partial charge < -0.3 is 16.2 Å². The van der Waals surface area contributed by atoms with Crippen LogP contribution in [0.4, 0.5) is 0 Å². The topological polar surface area (TPSA) is 75.3 Å². The molecule has 13 heavy (non-hydrogen) atoms. The molecule has 0 radical (unpaired) electrons. The molecule has 0 aromatic rings. The van der Waals surface area contributed by atoms with Gasteiger partial charge in [0, 0.05) is 6.54 Å². The van der Waals surface area contributed by atoms with Crippen LogP contribution in [0.15, 0.2) is 0 Å². The van der Waals surface area contributed by atoms with E-state index in [9.17, 15) is 4.79 Å². The van der Waals surface area contributed by atoms with Crippen molar-refractivity contribution < 1.29 is 9.90 Å². The van der Waals surface area contributed by atoms with Crippen LogP contribution >= 0.6 is 0 Å². The summed E-state index contributed by atoms with van der Waals surface area (Å²) in [6.07, 6.45) is -0.531. The SMILES string of the molecule is CC(O)CNC(=O)[C@@H](N)C(C)(C)C. The molecule has 4 nitrogen and oxygen atoms in total. The fourth-order valence-electron chi connectivity index (χ4n) is 0.752. The molecule has 0 fully saturated rings. The zero-order valence-corrected chi connectivity index (χ0v) is 8.79. The van der Waals surface area contributed by atoms with E-state index in [0.29, 0.717) is 0 Å². The van der Waals surface area contributed by atoms with Gasteiger partial charge in [0.2, 0.25) is 5.91 Å². The van der Waals surface area contributed by atoms with Crippen LogP contribution in [0.3, 0.4) is 0 Å². The van der Waals surface area contributed by atoms with Gasteiger partial charge in [0.1, 0.15) is 0 Å². The minimum atomic E-state index is -0.536. The number of hydrogen-bond donors (Lipinski definition) is 3. The molecule has 1 amide bonds. The van der Waals surface area contributed by atoms with Crippen molar-refractivity contribution in [3.05, 3.63) is 0 Å². The first-order valence-corrected chi connectivity index (χ1v) is 4.46. The fourth-order valence-corrected chi connectivity index (χ4v) is 0.752. The predicted octanol–water partition coefficient (Wildman–Crippen LogP) is -0.143. The fraction of sp³-hybridized carbons (Fsp3) is 0.889. The van der Waals surface area contributed by atoms with Crippen LogP contribution in [0.5, 0.6) is 0 Å². The standard InChI is InChI=1S/C9H20N2O2/c1-6(12)5-11-8(13)7(10)9(2,3)4/h6-7,12H,5,10H2,1-4H3,(H,11,13)/t6?,7-/m1/s1. The molecule has 4 N–H and O–H groups in total. The first-order valence-electron chi connectivity index (χ1n) is 4.46. The first kappa shape index (κ1) is 12.4. The lowest BCUT2D eigenvalue weighted by Gasteiger charge is -2.26. The van der Waals surface area contributed by atoms with E-state index < -0.39 is 12.1 Å². The van der Waals surface area contributed by atoms with Gasteiger partial charge >= 0.3 is 0 Å². The molecule has 1 unspecified atom stereocenters. The Hall–Kier alpha value is -0.610. The summed E-state index contributed by atoms with van der Waals surface area (Å²) in [5.74, 6) is -0.214. The average Bonchev–Trinajstić information content (AvgIpc) is 1.96. The molecule has 0 saturated carbocycles. The van der Waals surface area contributed by atoms with Crippen LogP contribution in [0.2, 0.25) is 0 Å². The zero-order chi connectivity index (χ0) is 10.6. The number of aliphatic hydroxyl groups excluding tert-OH is 1. The molecular formula is C9H20N2O2. The van der Waals surface area contributed by atoms with Gasteiger partial charge in [0.05, 0.1) is 12.1 Å². The van der Waals surface area contributed by atoms with E-state index >= 15 is 0 Å². The molecule has 0 aliphatic rings. The van der Waals surface area contributed by atoms with Crippen LogP contribution in [0.1, 0.15) is 27.7 Å². The van der Waals surface area contributed by atoms with E-state index in [1.165, 1.54) is 0 Å². The van der Waals surface area contributed by atoms with Crippen LogP contribution < -0.4 is 11.1 Å². The summed E-state index contributed by atoms with van der Waals surface area (Å²) in [5.41, 5.74) is 5.44. The van der Waals surface area contributed by atoms with E-state index in [4.69, 9.17) is 10.8 Å². The van der Waals surface area contributed by atoms with Crippen LogP contribution in [0.25, 0.3) is 0 Å². The maximum atomic E-state index is 11.3. The van der Waals surface area contributed by atoms with Gasteiger partial charge in [-0.2, -0.15) is 0 Å². The third kappa shape index (κ3) is 4.85. The molecule has 0 aromatic carbocycles. The Balaban J connectivity index is 3.98. The van der Waals surface area contributed by atoms with Gasteiger partial charge in [0.25, 0.3) is 0 Å². The van der Waals surface area contributed by atoms with E-state index in [-0.39, 0.29) is 17.9 Å². The number of carbonyl (C=O) groups is 1. The molecule has 0 aromatic heterocycles. The smallest absolute Gasteiger partial charge is 0.237 e. The Morgan fingerprint density at radius 1 is 1.54 bits per heavy atom. The van der Waals surface area contributed by atoms with Crippen LogP contribution in [-0.4, -0.2) is 29.7 Å². The average molecular weight is 188 g/mol. The largest absolute Gasteiger partial charge is 0.392 e. The Morgan fingerprint density at radius 2 is 2.00 bits per heavy atom. The van der Waals surface area contributed by atoms with Gasteiger partial charge in [-0.15, -0.1) is 0 Å². The molecule has 2 atom stereocenters. The van der Waals surface area contributed by atoms with Gasteiger partial charge in [-0.3, -0.25) is 4.79 Å². The van der Waals surface area contributed by atoms with E-state index in [1.54, 1.807) is 6.92 Å². The van der Waals surface area contributed by atoms with Crippen molar-refractivity contribution in [3.8, 4) is 0 Å². The summed E-state index contributed by atoms with van der Waals surface area (Å²) >= 11 is 0. The highest BCUT2D eigenvalue weighted by Gasteiger charge is 2.27. The maximum absolute atomic E-state index is 11.3. The van der Waals surface area contributed by atoms with E-state index in [2.05, 4.69) is 5.32 Å². The highest BCUT2D eigenvalue weighted by atomic mass is 16.3. The quantitative estimate of drug-likeness (QED) is 0.577. The second kappa shape index (κ2) is 4.58. The van der Waals surface area contributed by atoms with Gasteiger partial charge in [0.15, 0.2) is 0 Å². The molecule has 0 saturated heterocycles. The molecule has 0 aliphatic heterocycles. The highest BCUT2D eigenvalue weighted by Crippen LogP contribution is 2.16. The Labute approximate surface area is 79.5 Å². The molecular weight excluding hydrogens is 168 g/mol. The normalized spacial score (nSPS) is 16.5. The molecule has 78 valence electrons. The van der Waals surface area contributed by atoms with Gasteiger partial charge in [-0.25, -0.2) is 0 Å². The molecule has 0 heterocycles. The number of hydrogen-bond acceptors (Lipinski definition) is 3. The predicted molar refractivity (Wildman–Crippen MR) is 52.1 cm³/mol. The number of rotatable bonds is 3. The van der Waals surface area contributed by atoms with Crippen molar-refractivity contribution >= 4 is 5.91 Å². The summed E-state index contributed by atoms with van der Waals surface area (Å²) in [6.45, 7) is 7.57. The number of carbonyl (C=O) groups excluding carboxylic acids is 1. The number of nitrogens with one attached hydrogen (secondary N) is 1. The zero-order valence-electron chi connectivity index (χ0n) is 8.79. The Kier molecular flexibility index (Phi) is 4.36. The molecule has 0 rings (SSSR count). The van der Waals surface area contributed by atoms with Crippen LogP contribution in [0, 0.1) is 5.41 Å². The second-order valence-corrected chi connectivity index (χ2v) is 4.44. The van der Waals surface area contributed by atoms with Crippen molar-refractivity contribution in [2.45, 2.75) is 39.8 Å². The third-order valence-corrected chi connectivity index (χ3v) is 1.79. The van der Waals surface area contributed by atoms with Crippen molar-refractivity contribution in [2.24, 2.45) is 11.1 Å². The molecule has 0 aliphatic carbocycles. The summed E-state index contributed by atoms with van der Waals surface area (Å²) in [6, 6.07) is -0.536. The van der Waals surface area contributed by atoms with Gasteiger partial charge in [-0.05, 0) is 12.3 Å². The number of nitrogens with two attached hydrogens (primary N) is 1. The lowest BCUT2D eigenvalue weighted by atomic mass is 9.87. The van der Waals surface area contributed by atoms with Crippen molar-refractivity contribution in [2.75, 3.05) is 6.54 Å². The lowest BCUT2D eigenvalue weighted by molar-refractivity contribution is -0.124. The van der Waals surface area contributed by atoms with Crippen LogP contribution in [-0.2, 0) is 4.79 Å². The lowest BCUT2D eigenvalue weighted by Crippen LogP contribution is -2.49. The van der Waals surface area contributed by atoms with Crippen molar-refractivity contribution in [3.63, 3.8) is 0 Å². The van der Waals surface area contributed by atoms with E-state index in [0.717, 1.165) is 0 Å². The maximum Gasteiger partial charge on any atom is 0.237 e. The molecule has 0 spiro atoms. The van der Waals surface area contributed by atoms with Gasteiger partial charge in [-0.1, -0.05) is 20.8 Å². The van der Waals surface area contributed by atoms with Crippen molar-refractivity contribution in [1.29, 1.82) is 0 Å². The Bertz CT molecular complexity index is 173. The molecule has 0 bridgehead atoms. The first-order chi connectivity index (χ1) is 5.75. The number of amides is 1. The monoisotopic (exact) mass is 188 g/mol. The highest BCUT2D eigenvalue weighted by molar-refractivity contribution is 5.82. The summed E-state index contributed by atoms with van der Waals surface area (Å²) in [5, 5.41) is 11.5. The third-order valence-electron chi connectivity index (χ3n) is 1.79. The minimum Gasteiger partial charge on any atom is -0.392 e.